The summed E-state index contributed by atoms with van der Waals surface area (Å²) in [5, 5.41) is 2.88. The Bertz CT molecular complexity index is 456. The second-order valence-corrected chi connectivity index (χ2v) is 4.64. The van der Waals surface area contributed by atoms with Crippen LogP contribution in [0.15, 0.2) is 12.1 Å². The Kier molecular flexibility index (Phi) is 6.01. The number of carbonyl (C=O) groups is 1. The molecule has 2 atom stereocenters. The molecule has 0 heterocycles. The van der Waals surface area contributed by atoms with Crippen LogP contribution in [0.25, 0.3) is 0 Å². The van der Waals surface area contributed by atoms with E-state index in [0.29, 0.717) is 0 Å². The summed E-state index contributed by atoms with van der Waals surface area (Å²) in [5.41, 5.74) is 0.221. The lowest BCUT2D eigenvalue weighted by Crippen LogP contribution is -2.42. The number of carbonyl (C=O) groups excluding carboxylic acids is 1. The average molecular weight is 289 g/mol. The lowest BCUT2D eigenvalue weighted by atomic mass is 9.99. The summed E-state index contributed by atoms with van der Waals surface area (Å²) in [6.07, 6.45) is 0.735. The predicted octanol–water partition coefficient (Wildman–Crippen LogP) is 2.78. The van der Waals surface area contributed by atoms with E-state index in [1.54, 1.807) is 0 Å². The first-order valence-corrected chi connectivity index (χ1v) is 6.35. The number of benzene rings is 1. The third-order valence-electron chi connectivity index (χ3n) is 3.24. The number of hydrogen-bond donors (Lipinski definition) is 1. The Labute approximate surface area is 116 Å². The fraction of sp³-hybridized carbons (Fsp3) is 0.500. The largest absolute Gasteiger partial charge is 0.468 e. The molecule has 0 saturated heterocycles. The van der Waals surface area contributed by atoms with E-state index in [9.17, 15) is 18.0 Å². The summed E-state index contributed by atoms with van der Waals surface area (Å²) in [6.45, 7) is 3.82. The molecule has 2 unspecified atom stereocenters. The van der Waals surface area contributed by atoms with Gasteiger partial charge in [-0.2, -0.15) is 0 Å². The van der Waals surface area contributed by atoms with Gasteiger partial charge in [-0.25, -0.2) is 13.2 Å². The highest BCUT2D eigenvalue weighted by Crippen LogP contribution is 2.15. The number of halogens is 3. The second kappa shape index (κ2) is 7.28. The van der Waals surface area contributed by atoms with Gasteiger partial charge in [-0.1, -0.05) is 20.3 Å². The zero-order chi connectivity index (χ0) is 15.3. The molecule has 0 aliphatic carbocycles. The van der Waals surface area contributed by atoms with E-state index in [1.165, 1.54) is 7.11 Å². The fourth-order valence-electron chi connectivity index (χ4n) is 1.82. The van der Waals surface area contributed by atoms with Crippen LogP contribution >= 0.6 is 0 Å². The lowest BCUT2D eigenvalue weighted by Gasteiger charge is -2.22. The Hall–Kier alpha value is -1.56. The molecular weight excluding hydrogens is 271 g/mol. The van der Waals surface area contributed by atoms with Crippen LogP contribution in [-0.4, -0.2) is 19.1 Å². The minimum absolute atomic E-state index is 0.00223. The van der Waals surface area contributed by atoms with E-state index in [1.807, 2.05) is 13.8 Å². The van der Waals surface area contributed by atoms with Crippen LogP contribution in [0.2, 0.25) is 0 Å². The molecule has 0 amide bonds. The maximum Gasteiger partial charge on any atom is 0.323 e. The summed E-state index contributed by atoms with van der Waals surface area (Å²) >= 11 is 0. The van der Waals surface area contributed by atoms with Crippen molar-refractivity contribution < 1.29 is 22.7 Å². The van der Waals surface area contributed by atoms with Gasteiger partial charge in [0.2, 0.25) is 0 Å². The van der Waals surface area contributed by atoms with Crippen LogP contribution < -0.4 is 5.32 Å². The number of methoxy groups -OCH3 is 1. The van der Waals surface area contributed by atoms with Gasteiger partial charge in [-0.15, -0.1) is 0 Å². The first-order valence-electron chi connectivity index (χ1n) is 6.35. The van der Waals surface area contributed by atoms with Crippen LogP contribution in [0.1, 0.15) is 25.8 Å². The number of esters is 1. The first-order chi connectivity index (χ1) is 9.40. The Morgan fingerprint density at radius 1 is 1.30 bits per heavy atom. The molecule has 0 saturated carbocycles. The zero-order valence-electron chi connectivity index (χ0n) is 11.7. The maximum atomic E-state index is 13.1. The van der Waals surface area contributed by atoms with Crippen molar-refractivity contribution in [3.05, 3.63) is 35.1 Å². The third-order valence-corrected chi connectivity index (χ3v) is 3.24. The van der Waals surface area contributed by atoms with Crippen LogP contribution in [-0.2, 0) is 16.1 Å². The van der Waals surface area contributed by atoms with Crippen molar-refractivity contribution in [3.63, 3.8) is 0 Å². The molecule has 1 N–H and O–H groups in total. The van der Waals surface area contributed by atoms with Gasteiger partial charge < -0.3 is 10.1 Å². The van der Waals surface area contributed by atoms with Crippen molar-refractivity contribution in [2.24, 2.45) is 5.92 Å². The fourth-order valence-corrected chi connectivity index (χ4v) is 1.82. The summed E-state index contributed by atoms with van der Waals surface area (Å²) < 4.78 is 43.7. The van der Waals surface area contributed by atoms with Gasteiger partial charge in [-0.05, 0) is 23.6 Å². The highest BCUT2D eigenvalue weighted by atomic mass is 19.2. The van der Waals surface area contributed by atoms with Crippen LogP contribution in [0.5, 0.6) is 0 Å². The van der Waals surface area contributed by atoms with Gasteiger partial charge in [0.1, 0.15) is 6.04 Å². The minimum Gasteiger partial charge on any atom is -0.468 e. The molecule has 1 aromatic rings. The number of nitrogens with one attached hydrogen (secondary N) is 1. The highest BCUT2D eigenvalue weighted by molar-refractivity contribution is 5.75. The number of ether oxygens (including phenoxy) is 1. The SMILES string of the molecule is CCC(C)C(NCc1cc(F)c(F)c(F)c1)C(=O)OC. The molecule has 1 rings (SSSR count). The molecule has 6 heteroatoms. The van der Waals surface area contributed by atoms with E-state index in [4.69, 9.17) is 0 Å². The molecule has 20 heavy (non-hydrogen) atoms. The lowest BCUT2D eigenvalue weighted by molar-refractivity contribution is -0.144. The Balaban J connectivity index is 2.80. The molecule has 0 radical (unpaired) electrons. The van der Waals surface area contributed by atoms with Crippen molar-refractivity contribution >= 4 is 5.97 Å². The van der Waals surface area contributed by atoms with Gasteiger partial charge in [0.05, 0.1) is 7.11 Å². The second-order valence-electron chi connectivity index (χ2n) is 4.64. The molecule has 0 aromatic heterocycles. The molecule has 0 spiro atoms. The third kappa shape index (κ3) is 3.96. The normalized spacial score (nSPS) is 13.9. The summed E-state index contributed by atoms with van der Waals surface area (Å²) in [6, 6.07) is 1.22. The molecule has 0 aliphatic rings. The standard InChI is InChI=1S/C14H18F3NO2/c1-4-8(2)13(14(19)20-3)18-7-9-5-10(15)12(17)11(16)6-9/h5-6,8,13,18H,4,7H2,1-3H3. The molecule has 1 aromatic carbocycles. The van der Waals surface area contributed by atoms with Crippen molar-refractivity contribution in [1.82, 2.24) is 5.32 Å². The van der Waals surface area contributed by atoms with Gasteiger partial charge in [0.15, 0.2) is 17.5 Å². The van der Waals surface area contributed by atoms with E-state index >= 15 is 0 Å². The van der Waals surface area contributed by atoms with Crippen molar-refractivity contribution in [1.29, 1.82) is 0 Å². The zero-order valence-corrected chi connectivity index (χ0v) is 11.7. The highest BCUT2D eigenvalue weighted by Gasteiger charge is 2.24. The van der Waals surface area contributed by atoms with E-state index in [2.05, 4.69) is 10.1 Å². The van der Waals surface area contributed by atoms with Crippen LogP contribution in [0.3, 0.4) is 0 Å². The van der Waals surface area contributed by atoms with E-state index in [-0.39, 0.29) is 18.0 Å². The summed E-state index contributed by atoms with van der Waals surface area (Å²) in [5.74, 6) is -4.44. The number of hydrogen-bond acceptors (Lipinski definition) is 3. The van der Waals surface area contributed by atoms with Crippen molar-refractivity contribution in [2.75, 3.05) is 7.11 Å². The molecule has 0 fully saturated rings. The first kappa shape index (κ1) is 16.5. The predicted molar refractivity (Wildman–Crippen MR) is 68.4 cm³/mol. The van der Waals surface area contributed by atoms with Crippen molar-refractivity contribution in [3.8, 4) is 0 Å². The monoisotopic (exact) mass is 289 g/mol. The quantitative estimate of drug-likeness (QED) is 0.646. The topological polar surface area (TPSA) is 38.3 Å². The van der Waals surface area contributed by atoms with Gasteiger partial charge in [0.25, 0.3) is 0 Å². The van der Waals surface area contributed by atoms with Gasteiger partial charge in [-0.3, -0.25) is 4.79 Å². The maximum absolute atomic E-state index is 13.1. The summed E-state index contributed by atoms with van der Waals surface area (Å²) in [7, 11) is 1.27. The van der Waals surface area contributed by atoms with Crippen LogP contribution in [0, 0.1) is 23.4 Å². The summed E-state index contributed by atoms with van der Waals surface area (Å²) in [4.78, 5) is 11.6. The molecule has 0 bridgehead atoms. The van der Waals surface area contributed by atoms with E-state index in [0.717, 1.165) is 18.6 Å². The van der Waals surface area contributed by atoms with E-state index < -0.39 is 29.5 Å². The molecular formula is C14H18F3NO2. The van der Waals surface area contributed by atoms with Gasteiger partial charge in [0, 0.05) is 6.54 Å². The molecule has 112 valence electrons. The average Bonchev–Trinajstić information content (AvgIpc) is 2.43. The Morgan fingerprint density at radius 2 is 1.85 bits per heavy atom. The minimum atomic E-state index is -1.50. The molecule has 3 nitrogen and oxygen atoms in total. The molecule has 0 aliphatic heterocycles. The van der Waals surface area contributed by atoms with Gasteiger partial charge >= 0.3 is 5.97 Å². The van der Waals surface area contributed by atoms with Crippen molar-refractivity contribution in [2.45, 2.75) is 32.9 Å². The smallest absolute Gasteiger partial charge is 0.323 e. The Morgan fingerprint density at radius 3 is 2.30 bits per heavy atom. The number of rotatable bonds is 6. The van der Waals surface area contributed by atoms with Crippen LogP contribution in [0.4, 0.5) is 13.2 Å².